The van der Waals surface area contributed by atoms with Crippen LogP contribution in [0.5, 0.6) is 0 Å². The fourth-order valence-corrected chi connectivity index (χ4v) is 2.22. The number of unbranched alkanes of at least 4 members (excludes halogenated alkanes) is 6. The van der Waals surface area contributed by atoms with Crippen molar-refractivity contribution in [3.63, 3.8) is 0 Å². The van der Waals surface area contributed by atoms with E-state index in [1.54, 1.807) is 6.08 Å². The maximum Gasteiger partial charge on any atom is 0.253 e. The summed E-state index contributed by atoms with van der Waals surface area (Å²) in [4.78, 5) is 31.1. The molecular formula is C18H27N2O5. The summed E-state index contributed by atoms with van der Waals surface area (Å²) in [6, 6.07) is 0. The highest BCUT2D eigenvalue weighted by atomic mass is 16.6. The van der Waals surface area contributed by atoms with E-state index in [9.17, 15) is 25.0 Å². The standard InChI is InChI=1S/C18H27N2O5/c1-2-3-4-10-13-17(19(22)23)16-18(20(24)25)14-11-8-6-5-7-9-12-15-21/h3-4,13-14H,2,5-12,16H2,1H3/b4-3+,17-13-,18-14-. The van der Waals surface area contributed by atoms with Crippen LogP contribution in [0.25, 0.3) is 0 Å². The Bertz CT molecular complexity index is 510. The molecule has 0 heterocycles. The fourth-order valence-electron chi connectivity index (χ4n) is 2.22. The Labute approximate surface area is 148 Å². The third-order valence-electron chi connectivity index (χ3n) is 3.59. The summed E-state index contributed by atoms with van der Waals surface area (Å²) in [6.07, 6.45) is 14.8. The number of carbonyl (C=O) groups excluding carboxylic acids is 1. The van der Waals surface area contributed by atoms with Crippen LogP contribution in [0.2, 0.25) is 0 Å². The molecule has 0 bridgehead atoms. The molecule has 0 atom stereocenters. The molecule has 0 aliphatic carbocycles. The van der Waals surface area contributed by atoms with Crippen molar-refractivity contribution in [2.45, 2.75) is 71.1 Å². The molecule has 0 amide bonds. The van der Waals surface area contributed by atoms with Gasteiger partial charge in [-0.15, -0.1) is 0 Å². The second-order valence-electron chi connectivity index (χ2n) is 5.65. The number of allylic oxidation sites excluding steroid dienone is 4. The van der Waals surface area contributed by atoms with Gasteiger partial charge in [0.25, 0.3) is 11.4 Å². The minimum atomic E-state index is -0.554. The number of nitrogens with zero attached hydrogens (tertiary/aromatic N) is 2. The van der Waals surface area contributed by atoms with Gasteiger partial charge in [0.1, 0.15) is 6.42 Å². The van der Waals surface area contributed by atoms with Crippen LogP contribution >= 0.6 is 0 Å². The zero-order valence-electron chi connectivity index (χ0n) is 14.8. The van der Waals surface area contributed by atoms with Crippen molar-refractivity contribution < 1.29 is 14.6 Å². The van der Waals surface area contributed by atoms with Gasteiger partial charge in [0.05, 0.1) is 9.85 Å². The van der Waals surface area contributed by atoms with Crippen LogP contribution < -0.4 is 0 Å². The van der Waals surface area contributed by atoms with Gasteiger partial charge in [0.15, 0.2) is 6.29 Å². The first-order valence-corrected chi connectivity index (χ1v) is 8.69. The molecule has 0 unspecified atom stereocenters. The van der Waals surface area contributed by atoms with E-state index >= 15 is 0 Å². The van der Waals surface area contributed by atoms with Crippen LogP contribution in [0.15, 0.2) is 35.7 Å². The highest BCUT2D eigenvalue weighted by Gasteiger charge is 2.20. The Morgan fingerprint density at radius 2 is 1.52 bits per heavy atom. The Morgan fingerprint density at radius 1 is 0.920 bits per heavy atom. The molecule has 0 saturated carbocycles. The van der Waals surface area contributed by atoms with Gasteiger partial charge in [0, 0.05) is 6.42 Å². The summed E-state index contributed by atoms with van der Waals surface area (Å²) >= 11 is 0. The Kier molecular flexibility index (Phi) is 13.8. The Hall–Kier alpha value is -2.31. The highest BCUT2D eigenvalue weighted by Crippen LogP contribution is 2.16. The number of hydrogen-bond acceptors (Lipinski definition) is 5. The van der Waals surface area contributed by atoms with E-state index < -0.39 is 9.85 Å². The third-order valence-corrected chi connectivity index (χ3v) is 3.59. The van der Waals surface area contributed by atoms with E-state index in [-0.39, 0.29) is 17.8 Å². The zero-order chi connectivity index (χ0) is 18.9. The van der Waals surface area contributed by atoms with E-state index in [4.69, 9.17) is 0 Å². The van der Waals surface area contributed by atoms with Crippen LogP contribution in [-0.4, -0.2) is 16.1 Å². The van der Waals surface area contributed by atoms with Crippen molar-refractivity contribution >= 4 is 6.29 Å². The lowest BCUT2D eigenvalue weighted by molar-refractivity contribution is -0.450. The van der Waals surface area contributed by atoms with Gasteiger partial charge in [-0.3, -0.25) is 25.0 Å². The van der Waals surface area contributed by atoms with Gasteiger partial charge >= 0.3 is 0 Å². The van der Waals surface area contributed by atoms with Crippen LogP contribution in [0.4, 0.5) is 0 Å². The molecule has 0 aromatic carbocycles. The molecule has 7 heteroatoms. The monoisotopic (exact) mass is 351 g/mol. The fraction of sp³-hybridized carbons (Fsp3) is 0.611. The molecule has 7 nitrogen and oxygen atoms in total. The van der Waals surface area contributed by atoms with Gasteiger partial charge in [-0.2, -0.15) is 0 Å². The molecule has 0 spiro atoms. The molecule has 1 radical (unpaired) electrons. The second-order valence-corrected chi connectivity index (χ2v) is 5.65. The summed E-state index contributed by atoms with van der Waals surface area (Å²) in [7, 11) is 0. The van der Waals surface area contributed by atoms with Gasteiger partial charge in [-0.25, -0.2) is 0 Å². The highest BCUT2D eigenvalue weighted by molar-refractivity contribution is 5.50. The Morgan fingerprint density at radius 3 is 2.12 bits per heavy atom. The van der Waals surface area contributed by atoms with Gasteiger partial charge < -0.3 is 0 Å². The second kappa shape index (κ2) is 15.2. The zero-order valence-corrected chi connectivity index (χ0v) is 14.8. The summed E-state index contributed by atoms with van der Waals surface area (Å²) < 4.78 is 0. The van der Waals surface area contributed by atoms with Crippen molar-refractivity contribution in [1.82, 2.24) is 0 Å². The lowest BCUT2D eigenvalue weighted by Gasteiger charge is -2.00. The van der Waals surface area contributed by atoms with Crippen molar-refractivity contribution in [2.75, 3.05) is 0 Å². The molecule has 0 aliphatic rings. The summed E-state index contributed by atoms with van der Waals surface area (Å²) in [5, 5.41) is 22.2. The molecule has 0 aromatic heterocycles. The van der Waals surface area contributed by atoms with E-state index in [0.717, 1.165) is 38.5 Å². The first-order chi connectivity index (χ1) is 12.0. The van der Waals surface area contributed by atoms with Gasteiger partial charge in [0.2, 0.25) is 0 Å². The van der Waals surface area contributed by atoms with E-state index in [1.165, 1.54) is 12.2 Å². The first-order valence-electron chi connectivity index (χ1n) is 8.69. The van der Waals surface area contributed by atoms with Crippen LogP contribution in [0.3, 0.4) is 0 Å². The lowest BCUT2D eigenvalue weighted by atomic mass is 10.1. The number of hydrogen-bond donors (Lipinski definition) is 0. The van der Waals surface area contributed by atoms with E-state index in [1.807, 2.05) is 19.3 Å². The van der Waals surface area contributed by atoms with Crippen molar-refractivity contribution in [1.29, 1.82) is 0 Å². The summed E-state index contributed by atoms with van der Waals surface area (Å²) in [5.74, 6) is 0. The largest absolute Gasteiger partial charge is 0.291 e. The van der Waals surface area contributed by atoms with Crippen molar-refractivity contribution in [2.24, 2.45) is 0 Å². The average Bonchev–Trinajstić information content (AvgIpc) is 2.57. The summed E-state index contributed by atoms with van der Waals surface area (Å²) in [5.41, 5.74) is -0.271. The predicted molar refractivity (Wildman–Crippen MR) is 96.8 cm³/mol. The third kappa shape index (κ3) is 12.7. The minimum Gasteiger partial charge on any atom is -0.291 e. The van der Waals surface area contributed by atoms with Crippen molar-refractivity contribution in [3.05, 3.63) is 55.9 Å². The molecular weight excluding hydrogens is 324 g/mol. The SMILES string of the molecule is CC/C=C/C/C=C(/C/C(=C/CCCCCCC[C]=O)[N+](=O)[O-])[N+](=O)[O-]. The minimum absolute atomic E-state index is 0.127. The lowest BCUT2D eigenvalue weighted by Crippen LogP contribution is -2.06. The Balaban J connectivity index is 4.49. The maximum absolute atomic E-state index is 11.1. The van der Waals surface area contributed by atoms with E-state index in [2.05, 4.69) is 0 Å². The maximum atomic E-state index is 11.1. The van der Waals surface area contributed by atoms with Gasteiger partial charge in [-0.1, -0.05) is 38.3 Å². The quantitative estimate of drug-likeness (QED) is 0.181. The van der Waals surface area contributed by atoms with Crippen LogP contribution in [0.1, 0.15) is 71.1 Å². The molecule has 139 valence electrons. The first kappa shape index (κ1) is 22.7. The molecule has 0 fully saturated rings. The number of rotatable bonds is 15. The summed E-state index contributed by atoms with van der Waals surface area (Å²) in [6.45, 7) is 1.96. The number of nitro groups is 2. The topological polar surface area (TPSA) is 103 Å². The normalized spacial score (nSPS) is 12.5. The molecule has 0 aromatic rings. The average molecular weight is 351 g/mol. The van der Waals surface area contributed by atoms with Crippen LogP contribution in [0, 0.1) is 20.2 Å². The molecule has 25 heavy (non-hydrogen) atoms. The molecule has 0 N–H and O–H groups in total. The smallest absolute Gasteiger partial charge is 0.253 e. The van der Waals surface area contributed by atoms with Gasteiger partial charge in [-0.05, 0) is 44.3 Å². The van der Waals surface area contributed by atoms with Crippen molar-refractivity contribution in [3.8, 4) is 0 Å². The molecule has 0 saturated heterocycles. The molecule has 0 aliphatic heterocycles. The van der Waals surface area contributed by atoms with E-state index in [0.29, 0.717) is 19.3 Å². The van der Waals surface area contributed by atoms with Crippen LogP contribution in [-0.2, 0) is 4.79 Å². The molecule has 0 rings (SSSR count). The predicted octanol–water partition coefficient (Wildman–Crippen LogP) is 4.89.